The maximum atomic E-state index is 2.12. The Labute approximate surface area is 81.0 Å². The minimum absolute atomic E-state index is 0. The average Bonchev–Trinajstić information content (AvgIpc) is 1.12. The average molecular weight is 180 g/mol. The summed E-state index contributed by atoms with van der Waals surface area (Å²) in [6.45, 7) is 0. The Bertz CT molecular complexity index is 50.8. The fourth-order valence-electron chi connectivity index (χ4n) is 0. The Hall–Kier alpha value is -0.0800. The van der Waals surface area contributed by atoms with Crippen LogP contribution in [0, 0.1) is 0 Å². The lowest BCUT2D eigenvalue weighted by atomic mass is 10.8. The molecule has 0 saturated carbocycles. The van der Waals surface area contributed by atoms with Crippen molar-refractivity contribution in [1.29, 1.82) is 0 Å². The van der Waals surface area contributed by atoms with Gasteiger partial charge >= 0.3 is 0 Å². The summed E-state index contributed by atoms with van der Waals surface area (Å²) in [6, 6.07) is 0. The van der Waals surface area contributed by atoms with Gasteiger partial charge in [0.15, 0.2) is 0 Å². The van der Waals surface area contributed by atoms with Crippen LogP contribution in [-0.2, 0) is 0 Å². The molecule has 80 valence electrons. The predicted octanol–water partition coefficient (Wildman–Crippen LogP) is 1.92. The van der Waals surface area contributed by atoms with Crippen LogP contribution in [0.15, 0.2) is 0 Å². The van der Waals surface area contributed by atoms with Gasteiger partial charge in [-0.2, -0.15) is 0 Å². The Morgan fingerprint density at radius 1 is 0.417 bits per heavy atom. The van der Waals surface area contributed by atoms with E-state index in [0.29, 0.717) is 0 Å². The molecule has 0 rings (SSSR count). The highest BCUT2D eigenvalue weighted by atomic mass is 15.2. The van der Waals surface area contributed by atoms with Crippen LogP contribution in [0.25, 0.3) is 0 Å². The van der Waals surface area contributed by atoms with Crippen molar-refractivity contribution in [3.8, 4) is 0 Å². The minimum atomic E-state index is 0. The number of nitrogens with zero attached hydrogens (tertiary/aromatic N) is 2. The van der Waals surface area contributed by atoms with Gasteiger partial charge in [0.05, 0.1) is 56.4 Å². The third-order valence-corrected chi connectivity index (χ3v) is 0. The standard InChI is InChI=1S/2C4H12N.2CH4/c2*1-5(2,3)4;;/h2*1-4H3;2*1H4/q2*+1;;. The fourth-order valence-corrected chi connectivity index (χ4v) is 0. The summed E-state index contributed by atoms with van der Waals surface area (Å²) in [5.74, 6) is 0. The van der Waals surface area contributed by atoms with Crippen LogP contribution < -0.4 is 0 Å². The van der Waals surface area contributed by atoms with Gasteiger partial charge in [-0.15, -0.1) is 0 Å². The Morgan fingerprint density at radius 3 is 0.417 bits per heavy atom. The van der Waals surface area contributed by atoms with Gasteiger partial charge in [0, 0.05) is 0 Å². The highest BCUT2D eigenvalue weighted by Gasteiger charge is 1.88. The third kappa shape index (κ3) is 123000. The summed E-state index contributed by atoms with van der Waals surface area (Å²) < 4.78 is 2.00. The van der Waals surface area contributed by atoms with E-state index in [2.05, 4.69) is 56.4 Å². The molecule has 0 aliphatic rings. The second-order valence-electron chi connectivity index (χ2n) is 5.37. The second kappa shape index (κ2) is 7.56. The molecular formula is C10H32N2+2. The van der Waals surface area contributed by atoms with E-state index in [0.717, 1.165) is 8.97 Å². The maximum Gasteiger partial charge on any atom is 0.0675 e. The van der Waals surface area contributed by atoms with Gasteiger partial charge in [0.2, 0.25) is 0 Å². The summed E-state index contributed by atoms with van der Waals surface area (Å²) in [5, 5.41) is 0. The van der Waals surface area contributed by atoms with E-state index in [1.54, 1.807) is 0 Å². The number of rotatable bonds is 0. The molecule has 0 aliphatic carbocycles. The van der Waals surface area contributed by atoms with E-state index in [-0.39, 0.29) is 14.9 Å². The topological polar surface area (TPSA) is 0 Å². The minimum Gasteiger partial charge on any atom is -0.333 e. The van der Waals surface area contributed by atoms with Gasteiger partial charge in [-0.25, -0.2) is 0 Å². The van der Waals surface area contributed by atoms with Crippen LogP contribution in [0.2, 0.25) is 0 Å². The zero-order valence-electron chi connectivity index (χ0n) is 8.89. The summed E-state index contributed by atoms with van der Waals surface area (Å²) in [5.41, 5.74) is 0. The van der Waals surface area contributed by atoms with E-state index in [9.17, 15) is 0 Å². The third-order valence-electron chi connectivity index (χ3n) is 0. The Kier molecular flexibility index (Phi) is 14.3. The van der Waals surface area contributed by atoms with Gasteiger partial charge in [-0.3, -0.25) is 0 Å². The number of hydrogen-bond donors (Lipinski definition) is 0. The van der Waals surface area contributed by atoms with Crippen molar-refractivity contribution in [2.24, 2.45) is 0 Å². The van der Waals surface area contributed by atoms with E-state index in [1.165, 1.54) is 0 Å². The molecule has 0 aliphatic heterocycles. The van der Waals surface area contributed by atoms with Crippen molar-refractivity contribution in [3.63, 3.8) is 0 Å². The largest absolute Gasteiger partial charge is 0.333 e. The lowest BCUT2D eigenvalue weighted by Gasteiger charge is -2.14. The van der Waals surface area contributed by atoms with Crippen LogP contribution >= 0.6 is 0 Å². The van der Waals surface area contributed by atoms with Crippen molar-refractivity contribution < 1.29 is 8.97 Å². The van der Waals surface area contributed by atoms with Gasteiger partial charge in [0.25, 0.3) is 0 Å². The molecular weight excluding hydrogens is 148 g/mol. The predicted molar refractivity (Wildman–Crippen MR) is 61.4 cm³/mol. The molecule has 0 bridgehead atoms. The molecule has 0 fully saturated rings. The monoisotopic (exact) mass is 180 g/mol. The first-order valence-corrected chi connectivity index (χ1v) is 3.58. The van der Waals surface area contributed by atoms with Crippen molar-refractivity contribution in [1.82, 2.24) is 0 Å². The highest BCUT2D eigenvalue weighted by Crippen LogP contribution is 1.74. The SMILES string of the molecule is C.C.C[N+](C)(C)C.C[N+](C)(C)C. The summed E-state index contributed by atoms with van der Waals surface area (Å²) in [4.78, 5) is 0. The van der Waals surface area contributed by atoms with Gasteiger partial charge < -0.3 is 8.97 Å². The molecule has 0 saturated heterocycles. The first-order chi connectivity index (χ1) is 4.00. The van der Waals surface area contributed by atoms with E-state index in [4.69, 9.17) is 0 Å². The Morgan fingerprint density at radius 2 is 0.417 bits per heavy atom. The normalized spacial score (nSPS) is 10.0. The molecule has 0 radical (unpaired) electrons. The van der Waals surface area contributed by atoms with Crippen molar-refractivity contribution in [3.05, 3.63) is 0 Å². The molecule has 0 heterocycles. The molecule has 0 amide bonds. The lowest BCUT2D eigenvalue weighted by molar-refractivity contribution is -0.849. The van der Waals surface area contributed by atoms with E-state index < -0.39 is 0 Å². The molecule has 0 aromatic carbocycles. The van der Waals surface area contributed by atoms with Crippen molar-refractivity contribution in [2.45, 2.75) is 14.9 Å². The van der Waals surface area contributed by atoms with Crippen LogP contribution in [-0.4, -0.2) is 65.3 Å². The zero-order chi connectivity index (χ0) is 9.00. The quantitative estimate of drug-likeness (QED) is 0.500. The molecule has 2 heteroatoms. The highest BCUT2D eigenvalue weighted by molar-refractivity contribution is 3.87. The van der Waals surface area contributed by atoms with E-state index in [1.807, 2.05) is 0 Å². The Balaban J connectivity index is -0.0000000457. The van der Waals surface area contributed by atoms with Crippen LogP contribution in [0.3, 0.4) is 0 Å². The first-order valence-electron chi connectivity index (χ1n) is 3.58. The lowest BCUT2D eigenvalue weighted by Crippen LogP contribution is -2.27. The van der Waals surface area contributed by atoms with E-state index >= 15 is 0 Å². The molecule has 0 spiro atoms. The zero-order valence-corrected chi connectivity index (χ0v) is 8.89. The van der Waals surface area contributed by atoms with Crippen molar-refractivity contribution >= 4 is 0 Å². The van der Waals surface area contributed by atoms with Gasteiger partial charge in [0.1, 0.15) is 0 Å². The second-order valence-corrected chi connectivity index (χ2v) is 5.37. The van der Waals surface area contributed by atoms with Gasteiger partial charge in [-0.05, 0) is 0 Å². The summed E-state index contributed by atoms with van der Waals surface area (Å²) in [7, 11) is 17.0. The van der Waals surface area contributed by atoms with Crippen LogP contribution in [0.5, 0.6) is 0 Å². The molecule has 2 nitrogen and oxygen atoms in total. The molecule has 0 aromatic rings. The molecule has 12 heavy (non-hydrogen) atoms. The van der Waals surface area contributed by atoms with Crippen LogP contribution in [0.1, 0.15) is 14.9 Å². The molecule has 0 aromatic heterocycles. The number of hydrogen-bond acceptors (Lipinski definition) is 0. The van der Waals surface area contributed by atoms with Crippen LogP contribution in [0.4, 0.5) is 0 Å². The molecule has 0 atom stereocenters. The maximum absolute atomic E-state index is 2.12. The molecule has 0 unspecified atom stereocenters. The first kappa shape index (κ1) is 22.7. The van der Waals surface area contributed by atoms with Crippen molar-refractivity contribution in [2.75, 3.05) is 56.4 Å². The number of quaternary nitrogens is 2. The van der Waals surface area contributed by atoms with Gasteiger partial charge in [-0.1, -0.05) is 14.9 Å². The smallest absolute Gasteiger partial charge is 0.0675 e. The molecule has 0 N–H and O–H groups in total. The summed E-state index contributed by atoms with van der Waals surface area (Å²) in [6.07, 6.45) is 0. The fraction of sp³-hybridized carbons (Fsp3) is 1.00. The summed E-state index contributed by atoms with van der Waals surface area (Å²) >= 11 is 0.